The molecule has 1 amide bonds. The lowest BCUT2D eigenvalue weighted by Gasteiger charge is -2.23. The number of hydrazone groups is 1. The Kier molecular flexibility index (Phi) is 6.17. The van der Waals surface area contributed by atoms with E-state index in [1.807, 2.05) is 66.9 Å². The van der Waals surface area contributed by atoms with Gasteiger partial charge in [0.25, 0.3) is 5.91 Å². The van der Waals surface area contributed by atoms with E-state index in [1.165, 1.54) is 9.58 Å². The van der Waals surface area contributed by atoms with Crippen LogP contribution in [0.5, 0.6) is 11.5 Å². The fourth-order valence-electron chi connectivity index (χ4n) is 4.59. The molecule has 0 saturated carbocycles. The Balaban J connectivity index is 1.54. The second-order valence-corrected chi connectivity index (χ2v) is 9.15. The summed E-state index contributed by atoms with van der Waals surface area (Å²) in [5, 5.41) is 8.24. The third-order valence-electron chi connectivity index (χ3n) is 6.30. The Labute approximate surface area is 206 Å². The Morgan fingerprint density at radius 3 is 2.43 bits per heavy atom. The summed E-state index contributed by atoms with van der Waals surface area (Å²) < 4.78 is 14.1. The number of ether oxygens (including phenoxy) is 2. The van der Waals surface area contributed by atoms with Crippen LogP contribution in [-0.4, -0.2) is 40.0 Å². The van der Waals surface area contributed by atoms with Crippen molar-refractivity contribution in [2.24, 2.45) is 5.10 Å². The second kappa shape index (κ2) is 9.42. The molecule has 8 nitrogen and oxygen atoms in total. The molecule has 0 radical (unpaired) electrons. The molecular weight excluding hydrogens is 464 g/mol. The molecule has 4 aromatic rings. The van der Waals surface area contributed by atoms with E-state index in [0.717, 1.165) is 27.2 Å². The monoisotopic (exact) mass is 490 g/mol. The molecule has 180 valence electrons. The average Bonchev–Trinajstić information content (AvgIpc) is 3.62. The average molecular weight is 491 g/mol. The Morgan fingerprint density at radius 1 is 1.03 bits per heavy atom. The van der Waals surface area contributed by atoms with Gasteiger partial charge in [0, 0.05) is 13.0 Å². The molecule has 0 N–H and O–H groups in total. The fourth-order valence-corrected chi connectivity index (χ4v) is 5.31. The van der Waals surface area contributed by atoms with Gasteiger partial charge in [-0.25, -0.2) is 9.80 Å². The first-order valence-electron chi connectivity index (χ1n) is 11.4. The van der Waals surface area contributed by atoms with Crippen LogP contribution in [0.3, 0.4) is 0 Å². The van der Waals surface area contributed by atoms with Gasteiger partial charge in [-0.05, 0) is 48.2 Å². The van der Waals surface area contributed by atoms with Gasteiger partial charge in [0.1, 0.15) is 6.54 Å². The number of methoxy groups -OCH3 is 2. The Bertz CT molecular complexity index is 1470. The molecule has 0 saturated heterocycles. The van der Waals surface area contributed by atoms with Crippen LogP contribution >= 0.6 is 11.3 Å². The van der Waals surface area contributed by atoms with E-state index in [9.17, 15) is 9.59 Å². The van der Waals surface area contributed by atoms with Crippen LogP contribution in [0.25, 0.3) is 11.0 Å². The number of rotatable bonds is 7. The molecule has 0 spiro atoms. The van der Waals surface area contributed by atoms with Gasteiger partial charge in [-0.2, -0.15) is 5.10 Å². The molecule has 0 fully saturated rings. The van der Waals surface area contributed by atoms with Crippen molar-refractivity contribution in [1.29, 1.82) is 0 Å². The first-order chi connectivity index (χ1) is 17.0. The molecule has 1 unspecified atom stereocenters. The molecule has 2 aromatic heterocycles. The zero-order valence-electron chi connectivity index (χ0n) is 19.8. The van der Waals surface area contributed by atoms with Crippen molar-refractivity contribution < 1.29 is 14.3 Å². The molecule has 2 aromatic carbocycles. The van der Waals surface area contributed by atoms with E-state index in [0.29, 0.717) is 24.5 Å². The van der Waals surface area contributed by atoms with Gasteiger partial charge in [0.2, 0.25) is 0 Å². The lowest BCUT2D eigenvalue weighted by atomic mass is 10.0. The number of amides is 1. The maximum atomic E-state index is 13.7. The highest BCUT2D eigenvalue weighted by Crippen LogP contribution is 2.38. The highest BCUT2D eigenvalue weighted by atomic mass is 32.1. The molecule has 1 aliphatic heterocycles. The summed E-state index contributed by atoms with van der Waals surface area (Å²) in [6.07, 6.45) is 0.563. The van der Waals surface area contributed by atoms with Crippen molar-refractivity contribution in [2.75, 3.05) is 14.2 Å². The number of aryl methyl sites for hydroxylation is 1. The number of aromatic nitrogens is 2. The number of imidazole rings is 1. The zero-order valence-corrected chi connectivity index (χ0v) is 20.6. The lowest BCUT2D eigenvalue weighted by Crippen LogP contribution is -2.34. The van der Waals surface area contributed by atoms with Crippen LogP contribution in [0.15, 0.2) is 69.9 Å². The van der Waals surface area contributed by atoms with E-state index in [4.69, 9.17) is 14.6 Å². The zero-order chi connectivity index (χ0) is 24.5. The second-order valence-electron chi connectivity index (χ2n) is 8.20. The Morgan fingerprint density at radius 2 is 1.77 bits per heavy atom. The number of benzene rings is 2. The number of thiophene rings is 1. The van der Waals surface area contributed by atoms with Crippen molar-refractivity contribution in [3.63, 3.8) is 0 Å². The lowest BCUT2D eigenvalue weighted by molar-refractivity contribution is -0.133. The third kappa shape index (κ3) is 4.01. The summed E-state index contributed by atoms with van der Waals surface area (Å²) in [5.41, 5.74) is 3.07. The maximum absolute atomic E-state index is 13.7. The molecule has 1 aliphatic rings. The number of hydrogen-bond acceptors (Lipinski definition) is 6. The SMILES string of the molecule is CCn1c(=O)n(CC(=O)N2N=C(c3cccs3)CC2c2ccc(OC)c(OC)c2)c2ccccc21. The van der Waals surface area contributed by atoms with Crippen molar-refractivity contribution >= 4 is 34.0 Å². The molecule has 5 rings (SSSR count). The number of fused-ring (bicyclic) bond motifs is 1. The quantitative estimate of drug-likeness (QED) is 0.387. The van der Waals surface area contributed by atoms with E-state index < -0.39 is 0 Å². The van der Waals surface area contributed by atoms with Crippen LogP contribution in [0.2, 0.25) is 0 Å². The number of carbonyl (C=O) groups is 1. The molecule has 35 heavy (non-hydrogen) atoms. The van der Waals surface area contributed by atoms with Crippen LogP contribution in [-0.2, 0) is 17.9 Å². The largest absolute Gasteiger partial charge is 0.493 e. The number of para-hydroxylation sites is 2. The summed E-state index contributed by atoms with van der Waals surface area (Å²) in [6, 6.07) is 16.8. The van der Waals surface area contributed by atoms with Gasteiger partial charge in [-0.15, -0.1) is 11.3 Å². The topological polar surface area (TPSA) is 78.1 Å². The van der Waals surface area contributed by atoms with Crippen molar-refractivity contribution in [3.8, 4) is 11.5 Å². The first-order valence-corrected chi connectivity index (χ1v) is 12.3. The molecule has 1 atom stereocenters. The minimum Gasteiger partial charge on any atom is -0.493 e. The first kappa shape index (κ1) is 22.9. The molecular formula is C26H26N4O4S. The van der Waals surface area contributed by atoms with E-state index in [1.54, 1.807) is 30.1 Å². The highest BCUT2D eigenvalue weighted by molar-refractivity contribution is 7.12. The van der Waals surface area contributed by atoms with E-state index in [-0.39, 0.29) is 24.2 Å². The van der Waals surface area contributed by atoms with E-state index >= 15 is 0 Å². The van der Waals surface area contributed by atoms with Crippen LogP contribution < -0.4 is 15.2 Å². The van der Waals surface area contributed by atoms with Crippen LogP contribution in [0, 0.1) is 0 Å². The maximum Gasteiger partial charge on any atom is 0.329 e. The van der Waals surface area contributed by atoms with Crippen molar-refractivity contribution in [1.82, 2.24) is 14.1 Å². The standard InChI is InChI=1S/C26H26N4O4S/c1-4-28-19-8-5-6-9-20(19)29(26(28)32)16-25(31)30-21(15-18(27-30)24-10-7-13-35-24)17-11-12-22(33-2)23(14-17)34-3/h5-14,21H,4,15-16H2,1-3H3. The highest BCUT2D eigenvalue weighted by Gasteiger charge is 2.34. The predicted octanol–water partition coefficient (Wildman–Crippen LogP) is 4.28. The predicted molar refractivity (Wildman–Crippen MR) is 136 cm³/mol. The minimum absolute atomic E-state index is 0.0998. The van der Waals surface area contributed by atoms with Gasteiger partial charge < -0.3 is 9.47 Å². The number of nitrogens with zero attached hydrogens (tertiary/aromatic N) is 4. The minimum atomic E-state index is -0.324. The van der Waals surface area contributed by atoms with E-state index in [2.05, 4.69) is 0 Å². The number of carbonyl (C=O) groups excluding carboxylic acids is 1. The van der Waals surface area contributed by atoms with Crippen LogP contribution in [0.1, 0.15) is 29.8 Å². The summed E-state index contributed by atoms with van der Waals surface area (Å²) in [7, 11) is 3.17. The molecule has 9 heteroatoms. The van der Waals surface area contributed by atoms with Gasteiger partial charge >= 0.3 is 5.69 Å². The van der Waals surface area contributed by atoms with Gasteiger partial charge in [-0.3, -0.25) is 13.9 Å². The van der Waals surface area contributed by atoms with Crippen molar-refractivity contribution in [2.45, 2.75) is 32.5 Å². The van der Waals surface area contributed by atoms with Gasteiger partial charge in [0.15, 0.2) is 11.5 Å². The summed E-state index contributed by atoms with van der Waals surface area (Å²) in [5.74, 6) is 0.951. The van der Waals surface area contributed by atoms with Gasteiger partial charge in [-0.1, -0.05) is 24.3 Å². The molecule has 0 bridgehead atoms. The summed E-state index contributed by atoms with van der Waals surface area (Å²) >= 11 is 1.59. The summed E-state index contributed by atoms with van der Waals surface area (Å²) in [6.45, 7) is 2.35. The molecule has 3 heterocycles. The van der Waals surface area contributed by atoms with Gasteiger partial charge in [0.05, 0.1) is 41.9 Å². The Hall–Kier alpha value is -3.85. The number of hydrogen-bond donors (Lipinski definition) is 0. The van der Waals surface area contributed by atoms with Crippen molar-refractivity contribution in [3.05, 3.63) is 80.9 Å². The fraction of sp³-hybridized carbons (Fsp3) is 0.269. The van der Waals surface area contributed by atoms with Crippen LogP contribution in [0.4, 0.5) is 0 Å². The summed E-state index contributed by atoms with van der Waals surface area (Å²) in [4.78, 5) is 27.8. The molecule has 0 aliphatic carbocycles. The smallest absolute Gasteiger partial charge is 0.329 e. The normalized spacial score (nSPS) is 15.5. The third-order valence-corrected chi connectivity index (χ3v) is 7.22.